The van der Waals surface area contributed by atoms with Crippen molar-refractivity contribution in [3.05, 3.63) is 42.5 Å². The molecule has 30 heavy (non-hydrogen) atoms. The average Bonchev–Trinajstić information content (AvgIpc) is 2.66. The highest BCUT2D eigenvalue weighted by Crippen LogP contribution is 2.42. The van der Waals surface area contributed by atoms with Gasteiger partial charge in [0.1, 0.15) is 22.0 Å². The summed E-state index contributed by atoms with van der Waals surface area (Å²) in [4.78, 5) is -1.35. The molecule has 0 aliphatic heterocycles. The lowest BCUT2D eigenvalue weighted by molar-refractivity contribution is 0.471. The molecule has 5 N–H and O–H groups in total. The smallest absolute Gasteiger partial charge is 0.296 e. The minimum atomic E-state index is -4.85. The number of hydrogen-bond donors (Lipinski definition) is 5. The molecule has 0 atom stereocenters. The van der Waals surface area contributed by atoms with Crippen molar-refractivity contribution in [3.63, 3.8) is 0 Å². The summed E-state index contributed by atoms with van der Waals surface area (Å²) in [5.41, 5.74) is -0.445. The van der Waals surface area contributed by atoms with Crippen LogP contribution < -0.4 is 5.32 Å². The highest BCUT2D eigenvalue weighted by molar-refractivity contribution is 7.86. The van der Waals surface area contributed by atoms with E-state index in [2.05, 4.69) is 15.5 Å². The van der Waals surface area contributed by atoms with Crippen molar-refractivity contribution < 1.29 is 36.2 Å². The number of nitrogens with one attached hydrogen (secondary N) is 1. The van der Waals surface area contributed by atoms with E-state index in [1.54, 1.807) is 13.1 Å². The zero-order chi connectivity index (χ0) is 22.3. The number of rotatable bonds is 5. The van der Waals surface area contributed by atoms with Crippen LogP contribution in [0.3, 0.4) is 0 Å². The van der Waals surface area contributed by atoms with Gasteiger partial charge >= 0.3 is 0 Å². The lowest BCUT2D eigenvalue weighted by atomic mass is 10.1. The van der Waals surface area contributed by atoms with Gasteiger partial charge in [0.15, 0.2) is 5.75 Å². The summed E-state index contributed by atoms with van der Waals surface area (Å²) in [5, 5.41) is 30.9. The summed E-state index contributed by atoms with van der Waals surface area (Å²) in [6.45, 7) is 0. The average molecular weight is 453 g/mol. The van der Waals surface area contributed by atoms with Gasteiger partial charge in [-0.2, -0.15) is 16.8 Å². The summed E-state index contributed by atoms with van der Waals surface area (Å²) in [7, 11) is -7.81. The SMILES string of the molecule is CNc1ccc2c(O)c(N=Nc3cc(S(=O)(=O)O)ccc3O)c(S(=O)(=O)O)cc2c1. The molecule has 0 aliphatic rings. The Morgan fingerprint density at radius 1 is 0.867 bits per heavy atom. The van der Waals surface area contributed by atoms with E-state index < -0.39 is 52.9 Å². The lowest BCUT2D eigenvalue weighted by Gasteiger charge is -2.10. The number of hydrogen-bond acceptors (Lipinski definition) is 9. The molecule has 3 aromatic rings. The number of phenols is 2. The molecule has 3 aromatic carbocycles. The van der Waals surface area contributed by atoms with Crippen molar-refractivity contribution in [1.82, 2.24) is 0 Å². The fourth-order valence-electron chi connectivity index (χ4n) is 2.65. The van der Waals surface area contributed by atoms with Crippen LogP contribution in [0.15, 0.2) is 62.5 Å². The van der Waals surface area contributed by atoms with Gasteiger partial charge < -0.3 is 15.5 Å². The second-order valence-electron chi connectivity index (χ2n) is 6.06. The van der Waals surface area contributed by atoms with Gasteiger partial charge in [-0.05, 0) is 47.9 Å². The van der Waals surface area contributed by atoms with Crippen molar-refractivity contribution >= 4 is 48.1 Å². The molecule has 0 aliphatic carbocycles. The molecule has 13 heteroatoms. The highest BCUT2D eigenvalue weighted by atomic mass is 32.2. The maximum Gasteiger partial charge on any atom is 0.296 e. The molecule has 0 spiro atoms. The zero-order valence-corrected chi connectivity index (χ0v) is 16.8. The Hall–Kier alpha value is -3.26. The summed E-state index contributed by atoms with van der Waals surface area (Å²) >= 11 is 0. The van der Waals surface area contributed by atoms with Crippen LogP contribution in [0.4, 0.5) is 17.1 Å². The Bertz CT molecular complexity index is 1400. The largest absolute Gasteiger partial charge is 0.506 e. The quantitative estimate of drug-likeness (QED) is 0.285. The number of nitrogens with zero attached hydrogens (tertiary/aromatic N) is 2. The second kappa shape index (κ2) is 7.53. The molecule has 0 saturated heterocycles. The van der Waals surface area contributed by atoms with Gasteiger partial charge in [-0.15, -0.1) is 10.2 Å². The van der Waals surface area contributed by atoms with Crippen LogP contribution in [0.2, 0.25) is 0 Å². The molecule has 0 aromatic heterocycles. The van der Waals surface area contributed by atoms with Crippen molar-refractivity contribution in [1.29, 1.82) is 0 Å². The van der Waals surface area contributed by atoms with E-state index >= 15 is 0 Å². The van der Waals surface area contributed by atoms with E-state index in [1.165, 1.54) is 12.1 Å². The lowest BCUT2D eigenvalue weighted by Crippen LogP contribution is -1.99. The molecule has 0 radical (unpaired) electrons. The molecule has 0 fully saturated rings. The van der Waals surface area contributed by atoms with Crippen LogP contribution in [0.25, 0.3) is 10.8 Å². The molecule has 158 valence electrons. The summed E-state index contributed by atoms with van der Waals surface area (Å²) < 4.78 is 64.8. The Labute approximate surface area is 170 Å². The van der Waals surface area contributed by atoms with Crippen molar-refractivity contribution in [2.45, 2.75) is 9.79 Å². The van der Waals surface area contributed by atoms with Gasteiger partial charge in [-0.25, -0.2) is 0 Å². The first kappa shape index (κ1) is 21.4. The second-order valence-corrected chi connectivity index (χ2v) is 8.87. The maximum absolute atomic E-state index is 11.8. The normalized spacial score (nSPS) is 12.5. The Kier molecular flexibility index (Phi) is 5.38. The molecular weight excluding hydrogens is 438 g/mol. The van der Waals surface area contributed by atoms with Crippen LogP contribution in [-0.4, -0.2) is 43.2 Å². The molecule has 0 unspecified atom stereocenters. The van der Waals surface area contributed by atoms with Crippen molar-refractivity contribution in [3.8, 4) is 11.5 Å². The number of azo groups is 1. The fraction of sp³-hybridized carbons (Fsp3) is 0.0588. The molecular formula is C17H15N3O8S2. The monoisotopic (exact) mass is 453 g/mol. The number of benzene rings is 3. The number of fused-ring (bicyclic) bond motifs is 1. The summed E-state index contributed by atoms with van der Waals surface area (Å²) in [5.74, 6) is -1.14. The topological polar surface area (TPSA) is 186 Å². The van der Waals surface area contributed by atoms with Gasteiger partial charge in [0.05, 0.1) is 4.90 Å². The molecule has 0 bridgehead atoms. The molecule has 3 rings (SSSR count). The molecule has 0 amide bonds. The number of phenolic OH excluding ortho intramolecular Hbond substituents is 2. The van der Waals surface area contributed by atoms with E-state index in [4.69, 9.17) is 4.55 Å². The third kappa shape index (κ3) is 4.18. The molecule has 0 heterocycles. The van der Waals surface area contributed by atoms with Crippen LogP contribution in [-0.2, 0) is 20.2 Å². The van der Waals surface area contributed by atoms with Gasteiger partial charge in [0.25, 0.3) is 20.2 Å². The Morgan fingerprint density at radius 2 is 1.57 bits per heavy atom. The van der Waals surface area contributed by atoms with Gasteiger partial charge in [0.2, 0.25) is 0 Å². The van der Waals surface area contributed by atoms with E-state index in [0.29, 0.717) is 5.69 Å². The van der Waals surface area contributed by atoms with Gasteiger partial charge in [0, 0.05) is 18.1 Å². The summed E-state index contributed by atoms with van der Waals surface area (Å²) in [6, 6.07) is 8.34. The highest BCUT2D eigenvalue weighted by Gasteiger charge is 2.22. The first-order chi connectivity index (χ1) is 13.9. The molecule has 11 nitrogen and oxygen atoms in total. The van der Waals surface area contributed by atoms with Crippen LogP contribution in [0.5, 0.6) is 11.5 Å². The third-order valence-electron chi connectivity index (χ3n) is 4.12. The first-order valence-electron chi connectivity index (χ1n) is 8.09. The van der Waals surface area contributed by atoms with E-state index in [-0.39, 0.29) is 10.8 Å². The number of anilines is 1. The minimum Gasteiger partial charge on any atom is -0.506 e. The van der Waals surface area contributed by atoms with Crippen molar-refractivity contribution in [2.75, 3.05) is 12.4 Å². The maximum atomic E-state index is 11.8. The Balaban J connectivity index is 2.24. The number of aromatic hydroxyl groups is 2. The fourth-order valence-corrected chi connectivity index (χ4v) is 3.81. The standard InChI is InChI=1S/C17H15N3O8S2/c1-18-10-2-4-12-9(6-10)7-15(30(26,27)28)16(17(12)22)20-19-13-8-11(29(23,24)25)3-5-14(13)21/h2-8,18,21-22H,1H3,(H,23,24,25)(H,26,27,28). The summed E-state index contributed by atoms with van der Waals surface area (Å²) in [6.07, 6.45) is 0. The van der Waals surface area contributed by atoms with Gasteiger partial charge in [-0.3, -0.25) is 9.11 Å². The minimum absolute atomic E-state index is 0.200. The first-order valence-corrected chi connectivity index (χ1v) is 11.0. The van der Waals surface area contributed by atoms with Crippen LogP contribution in [0.1, 0.15) is 0 Å². The predicted octanol–water partition coefficient (Wildman–Crippen LogP) is 3.20. The van der Waals surface area contributed by atoms with Crippen LogP contribution in [0, 0.1) is 0 Å². The van der Waals surface area contributed by atoms with E-state index in [1.807, 2.05) is 0 Å². The van der Waals surface area contributed by atoms with Crippen molar-refractivity contribution in [2.24, 2.45) is 10.2 Å². The molecule has 0 saturated carbocycles. The predicted molar refractivity (Wildman–Crippen MR) is 107 cm³/mol. The van der Waals surface area contributed by atoms with E-state index in [0.717, 1.165) is 24.3 Å². The Morgan fingerprint density at radius 3 is 2.17 bits per heavy atom. The van der Waals surface area contributed by atoms with Gasteiger partial charge in [-0.1, -0.05) is 0 Å². The van der Waals surface area contributed by atoms with E-state index in [9.17, 15) is 31.6 Å². The third-order valence-corrected chi connectivity index (χ3v) is 5.84. The zero-order valence-electron chi connectivity index (χ0n) is 15.2. The van der Waals surface area contributed by atoms with Crippen LogP contribution >= 0.6 is 0 Å².